The Morgan fingerprint density at radius 3 is 2.61 bits per heavy atom. The maximum Gasteiger partial charge on any atom is 0.225 e. The summed E-state index contributed by atoms with van der Waals surface area (Å²) < 4.78 is 0. The van der Waals surface area contributed by atoms with Crippen LogP contribution in [0, 0.1) is 0 Å². The summed E-state index contributed by atoms with van der Waals surface area (Å²) in [6, 6.07) is 27.2. The van der Waals surface area contributed by atoms with E-state index in [4.69, 9.17) is 0 Å². The van der Waals surface area contributed by atoms with Gasteiger partial charge in [-0.3, -0.25) is 4.79 Å². The molecule has 0 aliphatic heterocycles. The smallest absolute Gasteiger partial charge is 0.225 e. The highest BCUT2D eigenvalue weighted by molar-refractivity contribution is 5.91. The number of anilines is 1. The van der Waals surface area contributed by atoms with Crippen LogP contribution in [0.25, 0.3) is 21.9 Å². The van der Waals surface area contributed by atoms with Gasteiger partial charge in [-0.15, -0.1) is 0 Å². The first-order chi connectivity index (χ1) is 16.1. The zero-order valence-corrected chi connectivity index (χ0v) is 18.6. The topological polar surface area (TPSA) is 71.1 Å². The lowest BCUT2D eigenvalue weighted by atomic mass is 9.99. The van der Waals surface area contributed by atoms with E-state index in [-0.39, 0.29) is 24.8 Å². The van der Waals surface area contributed by atoms with Crippen molar-refractivity contribution in [2.24, 2.45) is 0 Å². The second-order valence-corrected chi connectivity index (χ2v) is 8.06. The summed E-state index contributed by atoms with van der Waals surface area (Å²) in [7, 11) is 0. The van der Waals surface area contributed by atoms with Crippen LogP contribution in [0.5, 0.6) is 0 Å². The van der Waals surface area contributed by atoms with Crippen molar-refractivity contribution in [2.75, 3.05) is 5.32 Å². The molecular weight excluding hydrogens is 410 g/mol. The molecule has 0 spiro atoms. The molecule has 4 aromatic rings. The Bertz CT molecular complexity index is 1250. The molecule has 3 aromatic carbocycles. The number of aromatic nitrogens is 1. The molecular formula is C28H27N3O2. The molecule has 1 amide bonds. The van der Waals surface area contributed by atoms with Crippen molar-refractivity contribution in [3.05, 3.63) is 96.2 Å². The van der Waals surface area contributed by atoms with E-state index in [0.717, 1.165) is 24.0 Å². The highest BCUT2D eigenvalue weighted by atomic mass is 16.1. The average Bonchev–Trinajstić information content (AvgIpc) is 2.86. The van der Waals surface area contributed by atoms with Gasteiger partial charge in [0.2, 0.25) is 5.91 Å². The van der Waals surface area contributed by atoms with Crippen LogP contribution in [0.2, 0.25) is 0 Å². The van der Waals surface area contributed by atoms with Crippen LogP contribution in [0.15, 0.2) is 85.1 Å². The van der Waals surface area contributed by atoms with Crippen molar-refractivity contribution in [1.29, 1.82) is 0 Å². The Balaban J connectivity index is 1.41. The van der Waals surface area contributed by atoms with Crippen LogP contribution in [0.4, 0.5) is 5.82 Å². The predicted octanol–water partition coefficient (Wildman–Crippen LogP) is 5.67. The monoisotopic (exact) mass is 437 g/mol. The first-order valence-corrected chi connectivity index (χ1v) is 11.1. The molecule has 0 radical (unpaired) electrons. The second kappa shape index (κ2) is 10.7. The molecule has 2 N–H and O–H groups in total. The molecule has 1 atom stereocenters. The van der Waals surface area contributed by atoms with Crippen molar-refractivity contribution in [1.82, 2.24) is 10.3 Å². The number of nitrogens with one attached hydrogen (secondary N) is 2. The van der Waals surface area contributed by atoms with Gasteiger partial charge in [-0.2, -0.15) is 0 Å². The molecule has 0 bridgehead atoms. The molecule has 0 aliphatic carbocycles. The van der Waals surface area contributed by atoms with Gasteiger partial charge in [-0.25, -0.2) is 4.98 Å². The predicted molar refractivity (Wildman–Crippen MR) is 133 cm³/mol. The lowest BCUT2D eigenvalue weighted by Gasteiger charge is -2.17. The minimum atomic E-state index is -0.212. The fourth-order valence-corrected chi connectivity index (χ4v) is 3.90. The Morgan fingerprint density at radius 1 is 0.970 bits per heavy atom. The molecule has 4 rings (SSSR count). The molecule has 0 unspecified atom stereocenters. The van der Waals surface area contributed by atoms with Gasteiger partial charge in [0.05, 0.1) is 0 Å². The number of aldehydes is 1. The van der Waals surface area contributed by atoms with Gasteiger partial charge in [0, 0.05) is 37.2 Å². The quantitative estimate of drug-likeness (QED) is 0.331. The van der Waals surface area contributed by atoms with Crippen molar-refractivity contribution in [2.45, 2.75) is 32.4 Å². The molecule has 1 aromatic heterocycles. The van der Waals surface area contributed by atoms with Crippen molar-refractivity contribution in [3.8, 4) is 11.1 Å². The van der Waals surface area contributed by atoms with Gasteiger partial charge >= 0.3 is 0 Å². The van der Waals surface area contributed by atoms with Gasteiger partial charge in [0.25, 0.3) is 0 Å². The standard InChI is InChI=1S/C28H27N3O2/c1-20(25-12-5-9-22-8-2-3-11-26(22)25)29-18-21-7-4-10-23(17-21)24-14-15-27(30-19-24)31-28(33)13-6-16-32/h2-5,7-12,14-17,19-20,29H,6,13,18H2,1H3,(H,30,31,33)/t20-/m1/s1. The van der Waals surface area contributed by atoms with Crippen LogP contribution < -0.4 is 10.6 Å². The lowest BCUT2D eigenvalue weighted by molar-refractivity contribution is -0.118. The zero-order valence-electron chi connectivity index (χ0n) is 18.6. The van der Waals surface area contributed by atoms with E-state index < -0.39 is 0 Å². The first kappa shape index (κ1) is 22.4. The fourth-order valence-electron chi connectivity index (χ4n) is 3.90. The zero-order chi connectivity index (χ0) is 23.0. The average molecular weight is 438 g/mol. The Hall–Kier alpha value is -3.83. The van der Waals surface area contributed by atoms with Gasteiger partial charge in [0.15, 0.2) is 0 Å². The van der Waals surface area contributed by atoms with E-state index in [2.05, 4.69) is 83.2 Å². The molecule has 5 heteroatoms. The van der Waals surface area contributed by atoms with E-state index in [1.165, 1.54) is 21.9 Å². The molecule has 0 saturated heterocycles. The van der Waals surface area contributed by atoms with E-state index >= 15 is 0 Å². The highest BCUT2D eigenvalue weighted by Crippen LogP contribution is 2.25. The Kier molecular flexibility index (Phi) is 7.22. The number of nitrogens with zero attached hydrogens (tertiary/aromatic N) is 1. The highest BCUT2D eigenvalue weighted by Gasteiger charge is 2.09. The minimum absolute atomic E-state index is 0.166. The summed E-state index contributed by atoms with van der Waals surface area (Å²) in [6.07, 6.45) is 2.87. The van der Waals surface area contributed by atoms with E-state index in [0.29, 0.717) is 5.82 Å². The maximum absolute atomic E-state index is 11.8. The fraction of sp³-hybridized carbons (Fsp3) is 0.179. The third-order valence-corrected chi connectivity index (χ3v) is 5.68. The molecule has 0 saturated carbocycles. The number of carbonyl (C=O) groups excluding carboxylic acids is 2. The van der Waals surface area contributed by atoms with Crippen LogP contribution in [0.1, 0.15) is 36.9 Å². The van der Waals surface area contributed by atoms with E-state index in [1.807, 2.05) is 12.1 Å². The van der Waals surface area contributed by atoms with Crippen molar-refractivity contribution >= 4 is 28.8 Å². The van der Waals surface area contributed by atoms with E-state index in [9.17, 15) is 9.59 Å². The van der Waals surface area contributed by atoms with Crippen LogP contribution >= 0.6 is 0 Å². The number of pyridine rings is 1. The summed E-state index contributed by atoms with van der Waals surface area (Å²) >= 11 is 0. The van der Waals surface area contributed by atoms with Crippen LogP contribution in [-0.4, -0.2) is 17.2 Å². The van der Waals surface area contributed by atoms with E-state index in [1.54, 1.807) is 12.3 Å². The first-order valence-electron chi connectivity index (χ1n) is 11.1. The van der Waals surface area contributed by atoms with Gasteiger partial charge in [-0.05, 0) is 52.6 Å². The molecule has 1 heterocycles. The third kappa shape index (κ3) is 5.70. The Morgan fingerprint density at radius 2 is 1.79 bits per heavy atom. The molecule has 5 nitrogen and oxygen atoms in total. The number of benzene rings is 3. The lowest BCUT2D eigenvalue weighted by Crippen LogP contribution is -2.18. The SMILES string of the molecule is C[C@@H](NCc1cccc(-c2ccc(NC(=O)CCC=O)nc2)c1)c1cccc2ccccc12. The molecule has 166 valence electrons. The van der Waals surface area contributed by atoms with Crippen LogP contribution in [0.3, 0.4) is 0 Å². The summed E-state index contributed by atoms with van der Waals surface area (Å²) in [5, 5.41) is 8.88. The van der Waals surface area contributed by atoms with Crippen molar-refractivity contribution in [3.63, 3.8) is 0 Å². The largest absolute Gasteiger partial charge is 0.311 e. The number of hydrogen-bond donors (Lipinski definition) is 2. The maximum atomic E-state index is 11.8. The minimum Gasteiger partial charge on any atom is -0.311 e. The number of rotatable bonds is 9. The molecule has 0 aliphatic rings. The van der Waals surface area contributed by atoms with Crippen molar-refractivity contribution < 1.29 is 9.59 Å². The number of carbonyl (C=O) groups is 2. The normalized spacial score (nSPS) is 11.8. The van der Waals surface area contributed by atoms with Gasteiger partial charge in [0.1, 0.15) is 12.1 Å². The summed E-state index contributed by atoms with van der Waals surface area (Å²) in [5.74, 6) is 0.270. The summed E-state index contributed by atoms with van der Waals surface area (Å²) in [6.45, 7) is 2.94. The molecule has 33 heavy (non-hydrogen) atoms. The number of amides is 1. The third-order valence-electron chi connectivity index (χ3n) is 5.68. The van der Waals surface area contributed by atoms with Crippen LogP contribution in [-0.2, 0) is 16.1 Å². The number of fused-ring (bicyclic) bond motifs is 1. The summed E-state index contributed by atoms with van der Waals surface area (Å²) in [5.41, 5.74) is 4.52. The molecule has 0 fully saturated rings. The summed E-state index contributed by atoms with van der Waals surface area (Å²) in [4.78, 5) is 26.5. The number of hydrogen-bond acceptors (Lipinski definition) is 4. The van der Waals surface area contributed by atoms with Gasteiger partial charge < -0.3 is 15.4 Å². The Labute approximate surface area is 193 Å². The van der Waals surface area contributed by atoms with Gasteiger partial charge in [-0.1, -0.05) is 60.7 Å². The second-order valence-electron chi connectivity index (χ2n) is 8.06.